The molecular weight excluding hydrogens is 272 g/mol. The lowest BCUT2D eigenvalue weighted by Gasteiger charge is -2.34. The highest BCUT2D eigenvalue weighted by molar-refractivity contribution is 5.72. The van der Waals surface area contributed by atoms with Gasteiger partial charge in [0.1, 0.15) is 0 Å². The fourth-order valence-corrected chi connectivity index (χ4v) is 3.75. The van der Waals surface area contributed by atoms with Crippen LogP contribution >= 0.6 is 0 Å². The van der Waals surface area contributed by atoms with Gasteiger partial charge in [-0.2, -0.15) is 0 Å². The molecule has 0 aromatic heterocycles. The monoisotopic (exact) mass is 298 g/mol. The van der Waals surface area contributed by atoms with Gasteiger partial charge in [0, 0.05) is 11.1 Å². The van der Waals surface area contributed by atoms with Crippen LogP contribution in [0.1, 0.15) is 63.4 Å². The lowest BCUT2D eigenvalue weighted by molar-refractivity contribution is 0.0614. The maximum Gasteiger partial charge on any atom is 0.0973 e. The zero-order valence-corrected chi connectivity index (χ0v) is 13.2. The summed E-state index contributed by atoms with van der Waals surface area (Å²) in [6, 6.07) is 10.1. The molecule has 2 N–H and O–H groups in total. The van der Waals surface area contributed by atoms with Gasteiger partial charge in [-0.1, -0.05) is 56.0 Å². The van der Waals surface area contributed by atoms with E-state index in [0.717, 1.165) is 68.1 Å². The molecule has 1 aromatic carbocycles. The largest absolute Gasteiger partial charge is 0.388 e. The van der Waals surface area contributed by atoms with E-state index in [-0.39, 0.29) is 6.10 Å². The Labute approximate surface area is 133 Å². The molecule has 2 fully saturated rings. The van der Waals surface area contributed by atoms with E-state index in [9.17, 15) is 10.2 Å². The summed E-state index contributed by atoms with van der Waals surface area (Å²) < 4.78 is 0. The van der Waals surface area contributed by atoms with Crippen LogP contribution in [0.15, 0.2) is 41.6 Å². The fourth-order valence-electron chi connectivity index (χ4n) is 3.75. The van der Waals surface area contributed by atoms with Crippen molar-refractivity contribution < 1.29 is 10.2 Å². The van der Waals surface area contributed by atoms with Gasteiger partial charge in [-0.05, 0) is 37.7 Å². The van der Waals surface area contributed by atoms with Crippen LogP contribution in [0.3, 0.4) is 0 Å². The predicted octanol–water partition coefficient (Wildman–Crippen LogP) is 4.23. The Kier molecular flexibility index (Phi) is 4.83. The Morgan fingerprint density at radius 3 is 2.41 bits per heavy atom. The molecule has 3 rings (SSSR count). The van der Waals surface area contributed by atoms with Crippen LogP contribution in [-0.4, -0.2) is 21.9 Å². The maximum absolute atomic E-state index is 11.2. The van der Waals surface area contributed by atoms with Crippen molar-refractivity contribution in [1.29, 1.82) is 0 Å². The van der Waals surface area contributed by atoms with Crippen molar-refractivity contribution in [1.82, 2.24) is 0 Å². The second kappa shape index (κ2) is 6.83. The fraction of sp³-hybridized carbons (Fsp3) is 0.550. The van der Waals surface area contributed by atoms with E-state index in [1.807, 2.05) is 30.3 Å². The highest BCUT2D eigenvalue weighted by atomic mass is 16.3. The first kappa shape index (κ1) is 15.6. The molecule has 0 unspecified atom stereocenters. The molecule has 1 atom stereocenters. The number of hydrogen-bond donors (Lipinski definition) is 2. The van der Waals surface area contributed by atoms with E-state index in [4.69, 9.17) is 0 Å². The summed E-state index contributed by atoms with van der Waals surface area (Å²) in [5, 5.41) is 21.5. The van der Waals surface area contributed by atoms with Crippen molar-refractivity contribution >= 4 is 5.57 Å². The molecular formula is C20H26O2. The minimum Gasteiger partial charge on any atom is -0.388 e. The van der Waals surface area contributed by atoms with E-state index >= 15 is 0 Å². The van der Waals surface area contributed by atoms with Crippen LogP contribution in [0.4, 0.5) is 0 Å². The molecule has 2 heteroatoms. The summed E-state index contributed by atoms with van der Waals surface area (Å²) in [5.74, 6) is 0. The van der Waals surface area contributed by atoms with Crippen LogP contribution in [0.25, 0.3) is 5.57 Å². The zero-order chi connectivity index (χ0) is 15.4. The van der Waals surface area contributed by atoms with Crippen molar-refractivity contribution in [2.45, 2.75) is 69.5 Å². The Bertz CT molecular complexity index is 561. The molecule has 0 spiro atoms. The molecule has 2 nitrogen and oxygen atoms in total. The second-order valence-electron chi connectivity index (χ2n) is 6.75. The molecule has 2 aliphatic rings. The highest BCUT2D eigenvalue weighted by Gasteiger charge is 2.34. The van der Waals surface area contributed by atoms with Gasteiger partial charge in [0.05, 0.1) is 11.7 Å². The van der Waals surface area contributed by atoms with Crippen LogP contribution in [0, 0.1) is 0 Å². The lowest BCUT2D eigenvalue weighted by atomic mass is 9.76. The first-order valence-electron chi connectivity index (χ1n) is 8.65. The normalized spacial score (nSPS) is 24.6. The van der Waals surface area contributed by atoms with Gasteiger partial charge in [-0.15, -0.1) is 5.73 Å². The summed E-state index contributed by atoms with van der Waals surface area (Å²) in [7, 11) is 0. The van der Waals surface area contributed by atoms with Crippen LogP contribution in [0.5, 0.6) is 0 Å². The van der Waals surface area contributed by atoms with Gasteiger partial charge in [0.25, 0.3) is 0 Å². The van der Waals surface area contributed by atoms with Crippen molar-refractivity contribution in [3.8, 4) is 0 Å². The Balaban J connectivity index is 2.08. The molecule has 0 aliphatic heterocycles. The van der Waals surface area contributed by atoms with Gasteiger partial charge in [-0.3, -0.25) is 0 Å². The van der Waals surface area contributed by atoms with E-state index < -0.39 is 5.60 Å². The number of benzene rings is 1. The standard InChI is InChI=1S/C20H26O2/c21-19-12-6-5-11-17(19)15-18(16-9-3-1-4-10-16)20(22)13-7-2-8-14-20/h1,3-4,9-10,19,21-22H,2,5-8,11-14H2/t15?,19-/m1/s1. The molecule has 2 aliphatic carbocycles. The first-order chi connectivity index (χ1) is 10.7. The quantitative estimate of drug-likeness (QED) is 0.802. The van der Waals surface area contributed by atoms with Crippen LogP contribution in [0.2, 0.25) is 0 Å². The molecule has 0 amide bonds. The third-order valence-corrected chi connectivity index (χ3v) is 5.07. The summed E-state index contributed by atoms with van der Waals surface area (Å²) in [6.45, 7) is 0. The van der Waals surface area contributed by atoms with Crippen molar-refractivity contribution in [2.75, 3.05) is 0 Å². The molecule has 22 heavy (non-hydrogen) atoms. The summed E-state index contributed by atoms with van der Waals surface area (Å²) in [5.41, 5.74) is 5.59. The minimum absolute atomic E-state index is 0.389. The predicted molar refractivity (Wildman–Crippen MR) is 89.4 cm³/mol. The molecule has 0 radical (unpaired) electrons. The van der Waals surface area contributed by atoms with Gasteiger partial charge < -0.3 is 10.2 Å². The second-order valence-corrected chi connectivity index (χ2v) is 6.75. The van der Waals surface area contributed by atoms with Crippen LogP contribution < -0.4 is 0 Å². The molecule has 0 bridgehead atoms. The third kappa shape index (κ3) is 3.35. The SMILES string of the molecule is O[C@@H]1CCCCC1=C=C(c1ccccc1)C1(O)CCCCC1. The summed E-state index contributed by atoms with van der Waals surface area (Å²) >= 11 is 0. The topological polar surface area (TPSA) is 40.5 Å². The number of aliphatic hydroxyl groups excluding tert-OH is 1. The van der Waals surface area contributed by atoms with Crippen molar-refractivity contribution in [3.05, 3.63) is 47.2 Å². The Morgan fingerprint density at radius 1 is 1.00 bits per heavy atom. The number of hydrogen-bond acceptors (Lipinski definition) is 2. The molecule has 0 heterocycles. The number of rotatable bonds is 2. The molecule has 2 saturated carbocycles. The summed E-state index contributed by atoms with van der Waals surface area (Å²) in [6.07, 6.45) is 8.44. The van der Waals surface area contributed by atoms with E-state index in [1.165, 1.54) is 6.42 Å². The van der Waals surface area contributed by atoms with E-state index in [2.05, 4.69) is 5.73 Å². The molecule has 0 saturated heterocycles. The van der Waals surface area contributed by atoms with Gasteiger partial charge in [0.15, 0.2) is 0 Å². The molecule has 118 valence electrons. The third-order valence-electron chi connectivity index (χ3n) is 5.07. The Hall–Kier alpha value is -1.34. The minimum atomic E-state index is -0.788. The van der Waals surface area contributed by atoms with Gasteiger partial charge in [-0.25, -0.2) is 0 Å². The average Bonchev–Trinajstić information content (AvgIpc) is 2.55. The average molecular weight is 298 g/mol. The smallest absolute Gasteiger partial charge is 0.0973 e. The highest BCUT2D eigenvalue weighted by Crippen LogP contribution is 2.39. The lowest BCUT2D eigenvalue weighted by Crippen LogP contribution is -2.32. The van der Waals surface area contributed by atoms with Crippen molar-refractivity contribution in [3.63, 3.8) is 0 Å². The van der Waals surface area contributed by atoms with Crippen molar-refractivity contribution in [2.24, 2.45) is 0 Å². The zero-order valence-electron chi connectivity index (χ0n) is 13.2. The van der Waals surface area contributed by atoms with E-state index in [1.54, 1.807) is 0 Å². The van der Waals surface area contributed by atoms with Crippen LogP contribution in [-0.2, 0) is 0 Å². The summed E-state index contributed by atoms with van der Waals surface area (Å²) in [4.78, 5) is 0. The first-order valence-corrected chi connectivity index (χ1v) is 8.65. The maximum atomic E-state index is 11.2. The number of aliphatic hydroxyl groups is 2. The van der Waals surface area contributed by atoms with Gasteiger partial charge in [0.2, 0.25) is 0 Å². The Morgan fingerprint density at radius 2 is 1.73 bits per heavy atom. The molecule has 1 aromatic rings. The van der Waals surface area contributed by atoms with E-state index in [0.29, 0.717) is 0 Å². The van der Waals surface area contributed by atoms with Gasteiger partial charge >= 0.3 is 0 Å².